The van der Waals surface area contributed by atoms with Gasteiger partial charge in [0, 0.05) is 30.6 Å². The van der Waals surface area contributed by atoms with Gasteiger partial charge in [-0.2, -0.15) is 0 Å². The van der Waals surface area contributed by atoms with E-state index in [4.69, 9.17) is 14.5 Å². The lowest BCUT2D eigenvalue weighted by Crippen LogP contribution is -2.47. The van der Waals surface area contributed by atoms with Crippen LogP contribution in [0.4, 0.5) is 13.6 Å². The van der Waals surface area contributed by atoms with Crippen LogP contribution in [0.1, 0.15) is 39.7 Å². The third-order valence-corrected chi connectivity index (χ3v) is 9.66. The molecule has 198 valence electrons. The molecule has 0 spiro atoms. The summed E-state index contributed by atoms with van der Waals surface area (Å²) in [6.07, 6.45) is -0.122. The van der Waals surface area contributed by atoms with Crippen molar-refractivity contribution < 1.29 is 23.0 Å². The van der Waals surface area contributed by atoms with Crippen LogP contribution in [-0.2, 0) is 15.0 Å². The molecule has 1 aliphatic heterocycles. The highest BCUT2D eigenvalue weighted by molar-refractivity contribution is 9.10. The summed E-state index contributed by atoms with van der Waals surface area (Å²) < 4.78 is 41.7. The maximum absolute atomic E-state index is 15.1. The Labute approximate surface area is 226 Å². The van der Waals surface area contributed by atoms with Crippen LogP contribution in [0.15, 0.2) is 27.7 Å². The fraction of sp³-hybridized carbons (Fsp3) is 0.615. The Morgan fingerprint density at radius 2 is 2.06 bits per heavy atom. The lowest BCUT2D eigenvalue weighted by Gasteiger charge is -2.37. The molecule has 5 nitrogen and oxygen atoms in total. The Morgan fingerprint density at radius 3 is 2.64 bits per heavy atom. The molecule has 36 heavy (non-hydrogen) atoms. The molecule has 0 radical (unpaired) electrons. The lowest BCUT2D eigenvalue weighted by atomic mass is 9.85. The highest BCUT2D eigenvalue weighted by Crippen LogP contribution is 2.66. The van der Waals surface area contributed by atoms with Crippen LogP contribution in [0.3, 0.4) is 0 Å². The number of aliphatic imine (C=N–C) groups is 1. The molecule has 1 aromatic carbocycles. The van der Waals surface area contributed by atoms with Crippen LogP contribution in [0.25, 0.3) is 0 Å². The predicted molar refractivity (Wildman–Crippen MR) is 148 cm³/mol. The van der Waals surface area contributed by atoms with Crippen molar-refractivity contribution in [2.75, 3.05) is 20.0 Å². The number of nitrogens with zero attached hydrogens (tertiary/aromatic N) is 2. The highest BCUT2D eigenvalue weighted by atomic mass is 79.9. The summed E-state index contributed by atoms with van der Waals surface area (Å²) in [7, 11) is -1.35. The minimum atomic E-state index is -1.52. The van der Waals surface area contributed by atoms with Crippen molar-refractivity contribution in [1.29, 1.82) is 0 Å². The second kappa shape index (κ2) is 10.8. The number of halogens is 3. The number of alkyl halides is 1. The second-order valence-electron chi connectivity index (χ2n) is 11.5. The molecule has 0 bridgehead atoms. The molecule has 1 aromatic rings. The second-order valence-corrected chi connectivity index (χ2v) is 19.3. The summed E-state index contributed by atoms with van der Waals surface area (Å²) in [6, 6.07) is 5.35. The fourth-order valence-corrected chi connectivity index (χ4v) is 6.78. The minimum absolute atomic E-state index is 0.102. The van der Waals surface area contributed by atoms with Gasteiger partial charge in [-0.3, -0.25) is 0 Å². The quantitative estimate of drug-likeness (QED) is 0.144. The van der Waals surface area contributed by atoms with E-state index in [-0.39, 0.29) is 23.4 Å². The highest BCUT2D eigenvalue weighted by Gasteiger charge is 2.69. The van der Waals surface area contributed by atoms with Gasteiger partial charge in [-0.05, 0) is 58.4 Å². The number of carbonyl (C=O) groups is 1. The molecule has 3 atom stereocenters. The molecular formula is C26H35BrF2N2O3SSi. The number of hydrogen-bond donors (Lipinski definition) is 0. The molecule has 1 aliphatic carbocycles. The Kier molecular flexibility index (Phi) is 8.71. The predicted octanol–water partition coefficient (Wildman–Crippen LogP) is 7.19. The van der Waals surface area contributed by atoms with E-state index >= 15 is 8.78 Å². The smallest absolute Gasteiger partial charge is 0.418 e. The van der Waals surface area contributed by atoms with Crippen molar-refractivity contribution in [3.8, 4) is 11.8 Å². The van der Waals surface area contributed by atoms with Gasteiger partial charge in [-0.15, -0.1) is 5.92 Å². The van der Waals surface area contributed by atoms with Gasteiger partial charge in [-0.1, -0.05) is 53.3 Å². The summed E-state index contributed by atoms with van der Waals surface area (Å²) in [6.45, 7) is 13.2. The Hall–Kier alpha value is -1.41. The summed E-state index contributed by atoms with van der Waals surface area (Å²) >= 11 is 4.69. The number of hydrogen-bond acceptors (Lipinski definition) is 5. The fourth-order valence-electron chi connectivity index (χ4n) is 4.15. The molecule has 2 aliphatic rings. The first kappa shape index (κ1) is 29.1. The van der Waals surface area contributed by atoms with Gasteiger partial charge in [0.25, 0.3) is 0 Å². The van der Waals surface area contributed by atoms with Crippen molar-refractivity contribution in [3.63, 3.8) is 0 Å². The molecule has 3 rings (SSSR count). The van der Waals surface area contributed by atoms with Crippen LogP contribution < -0.4 is 0 Å². The average Bonchev–Trinajstić information content (AvgIpc) is 3.47. The van der Waals surface area contributed by atoms with Gasteiger partial charge in [-0.25, -0.2) is 23.5 Å². The Balaban J connectivity index is 2.07. The van der Waals surface area contributed by atoms with Crippen LogP contribution in [0.5, 0.6) is 0 Å². The number of carbonyl (C=O) groups excluding carboxylic acids is 1. The van der Waals surface area contributed by atoms with Crippen LogP contribution in [-0.4, -0.2) is 54.6 Å². The molecule has 10 heteroatoms. The summed E-state index contributed by atoms with van der Waals surface area (Å²) in [5.74, 6) is 5.26. The zero-order valence-corrected chi connectivity index (χ0v) is 25.4. The first-order valence-corrected chi connectivity index (χ1v) is 17.3. The summed E-state index contributed by atoms with van der Waals surface area (Å²) in [4.78, 5) is 19.4. The van der Waals surface area contributed by atoms with Gasteiger partial charge >= 0.3 is 6.09 Å². The number of rotatable bonds is 7. The van der Waals surface area contributed by atoms with Crippen molar-refractivity contribution in [2.24, 2.45) is 10.9 Å². The number of amidine groups is 1. The van der Waals surface area contributed by atoms with Gasteiger partial charge < -0.3 is 9.47 Å². The van der Waals surface area contributed by atoms with Crippen molar-refractivity contribution in [1.82, 2.24) is 4.90 Å². The zero-order valence-electron chi connectivity index (χ0n) is 22.0. The number of benzene rings is 1. The molecule has 0 N–H and O–H groups in total. The number of ether oxygens (including phenoxy) is 2. The standard InChI is InChI=1S/C26H35BrF2N2O3SSi/c1-8-11-25-15-21(25)26(16-28,19-14-18(27)9-10-20(19)29)30-22(35-25)31(23(32)34-24(2,3)4)17-33-12-13-36(5,6)7/h9-10,14,21H,12-13,15-17H2,1-7H3/t21-,25+,26-/m1/s1. The van der Waals surface area contributed by atoms with E-state index in [1.807, 2.05) is 0 Å². The van der Waals surface area contributed by atoms with E-state index < -0.39 is 42.5 Å². The normalized spacial score (nSPS) is 25.3. The Bertz CT molecular complexity index is 1100. The maximum Gasteiger partial charge on any atom is 0.418 e. The molecule has 0 saturated heterocycles. The lowest BCUT2D eigenvalue weighted by molar-refractivity contribution is 0.0109. The van der Waals surface area contributed by atoms with Gasteiger partial charge in [0.1, 0.15) is 30.4 Å². The topological polar surface area (TPSA) is 51.1 Å². The van der Waals surface area contributed by atoms with Gasteiger partial charge in [0.2, 0.25) is 0 Å². The molecule has 1 saturated carbocycles. The molecule has 1 amide bonds. The van der Waals surface area contributed by atoms with Gasteiger partial charge in [0.15, 0.2) is 5.17 Å². The Morgan fingerprint density at radius 1 is 1.36 bits per heavy atom. The van der Waals surface area contributed by atoms with Gasteiger partial charge in [0.05, 0.1) is 4.75 Å². The van der Waals surface area contributed by atoms with E-state index in [0.717, 1.165) is 6.04 Å². The molecular weight excluding hydrogens is 566 g/mol. The van der Waals surface area contributed by atoms with E-state index in [9.17, 15) is 4.79 Å². The van der Waals surface area contributed by atoms with Crippen LogP contribution in [0, 0.1) is 23.6 Å². The molecule has 1 fully saturated rings. The minimum Gasteiger partial charge on any atom is -0.443 e. The largest absolute Gasteiger partial charge is 0.443 e. The molecule has 0 aromatic heterocycles. The average molecular weight is 602 g/mol. The van der Waals surface area contributed by atoms with Crippen molar-refractivity contribution >= 4 is 47.0 Å². The van der Waals surface area contributed by atoms with Crippen LogP contribution >= 0.6 is 27.7 Å². The van der Waals surface area contributed by atoms with E-state index in [1.54, 1.807) is 39.8 Å². The van der Waals surface area contributed by atoms with Crippen LogP contribution in [0.2, 0.25) is 25.7 Å². The van der Waals surface area contributed by atoms with Crippen molar-refractivity contribution in [3.05, 3.63) is 34.1 Å². The number of fused-ring (bicyclic) bond motifs is 1. The third kappa shape index (κ3) is 6.53. The van der Waals surface area contributed by atoms with E-state index in [2.05, 4.69) is 47.4 Å². The summed E-state index contributed by atoms with van der Waals surface area (Å²) in [5.41, 5.74) is -2.13. The van der Waals surface area contributed by atoms with Crippen molar-refractivity contribution in [2.45, 2.75) is 75.7 Å². The molecule has 0 unspecified atom stereocenters. The number of thioether (sulfide) groups is 1. The zero-order chi connectivity index (χ0) is 26.9. The first-order valence-electron chi connectivity index (χ1n) is 12.0. The maximum atomic E-state index is 15.1. The van der Waals surface area contributed by atoms with E-state index in [0.29, 0.717) is 17.5 Å². The first-order chi connectivity index (χ1) is 16.7. The third-order valence-electron chi connectivity index (χ3n) is 6.05. The monoisotopic (exact) mass is 600 g/mol. The number of amides is 1. The summed E-state index contributed by atoms with van der Waals surface area (Å²) in [5, 5.41) is 0.228. The SMILES string of the molecule is CC#C[C@]12C[C@H]1[C@@](CF)(c1cc(Br)ccc1F)N=C(N(COCC[Si](C)(C)C)C(=O)OC(C)(C)C)S2. The van der Waals surface area contributed by atoms with E-state index in [1.165, 1.54) is 22.7 Å². The molecule has 1 heterocycles.